The standard InChI is InChI=1S/C16H24ClNO2/c1-5-12(4)18-16(6-2,15(19)20-7-3)13-8-10-14(17)11-9-13/h8-12,18H,5-7H2,1-4H3. The fourth-order valence-electron chi connectivity index (χ4n) is 2.22. The Morgan fingerprint density at radius 3 is 2.35 bits per heavy atom. The van der Waals surface area contributed by atoms with E-state index in [0.29, 0.717) is 18.1 Å². The molecule has 1 aromatic rings. The summed E-state index contributed by atoms with van der Waals surface area (Å²) in [7, 11) is 0. The highest BCUT2D eigenvalue weighted by Gasteiger charge is 2.40. The summed E-state index contributed by atoms with van der Waals surface area (Å²) in [6.07, 6.45) is 1.56. The molecular formula is C16H24ClNO2. The second kappa shape index (κ2) is 7.65. The molecule has 112 valence electrons. The zero-order valence-corrected chi connectivity index (χ0v) is 13.5. The van der Waals surface area contributed by atoms with E-state index in [9.17, 15) is 4.79 Å². The number of rotatable bonds is 7. The van der Waals surface area contributed by atoms with Crippen LogP contribution in [0.15, 0.2) is 24.3 Å². The Morgan fingerprint density at radius 2 is 1.90 bits per heavy atom. The van der Waals surface area contributed by atoms with Crippen molar-refractivity contribution in [1.82, 2.24) is 5.32 Å². The lowest BCUT2D eigenvalue weighted by Crippen LogP contribution is -2.53. The van der Waals surface area contributed by atoms with Gasteiger partial charge in [-0.2, -0.15) is 0 Å². The average Bonchev–Trinajstić information content (AvgIpc) is 2.45. The van der Waals surface area contributed by atoms with Gasteiger partial charge < -0.3 is 4.74 Å². The molecule has 4 heteroatoms. The number of ether oxygens (including phenoxy) is 1. The number of nitrogens with one attached hydrogen (secondary N) is 1. The molecule has 0 aliphatic carbocycles. The van der Waals surface area contributed by atoms with Crippen molar-refractivity contribution in [3.63, 3.8) is 0 Å². The minimum absolute atomic E-state index is 0.218. The van der Waals surface area contributed by atoms with E-state index >= 15 is 0 Å². The first-order chi connectivity index (χ1) is 9.50. The van der Waals surface area contributed by atoms with Crippen molar-refractivity contribution in [2.75, 3.05) is 6.61 Å². The van der Waals surface area contributed by atoms with Gasteiger partial charge in [-0.1, -0.05) is 37.6 Å². The number of hydrogen-bond donors (Lipinski definition) is 1. The van der Waals surface area contributed by atoms with Gasteiger partial charge in [0.15, 0.2) is 0 Å². The second-order valence-corrected chi connectivity index (χ2v) is 5.38. The summed E-state index contributed by atoms with van der Waals surface area (Å²) in [4.78, 5) is 12.5. The van der Waals surface area contributed by atoms with Crippen LogP contribution < -0.4 is 5.32 Å². The molecule has 0 aliphatic rings. The predicted molar refractivity (Wildman–Crippen MR) is 82.9 cm³/mol. The molecule has 0 spiro atoms. The van der Waals surface area contributed by atoms with Gasteiger partial charge in [-0.25, -0.2) is 4.79 Å². The lowest BCUT2D eigenvalue weighted by molar-refractivity contribution is -0.152. The summed E-state index contributed by atoms with van der Waals surface area (Å²) in [5.74, 6) is -0.231. The highest BCUT2D eigenvalue weighted by atomic mass is 35.5. The van der Waals surface area contributed by atoms with Gasteiger partial charge in [-0.05, 0) is 44.4 Å². The van der Waals surface area contributed by atoms with E-state index in [2.05, 4.69) is 19.2 Å². The van der Waals surface area contributed by atoms with Crippen LogP contribution in [0.1, 0.15) is 46.1 Å². The summed E-state index contributed by atoms with van der Waals surface area (Å²) in [5.41, 5.74) is 0.0823. The van der Waals surface area contributed by atoms with Crippen LogP contribution in [-0.2, 0) is 15.1 Å². The number of carbonyl (C=O) groups is 1. The number of esters is 1. The minimum Gasteiger partial charge on any atom is -0.464 e. The molecule has 0 saturated heterocycles. The van der Waals surface area contributed by atoms with Crippen LogP contribution in [0.3, 0.4) is 0 Å². The van der Waals surface area contributed by atoms with E-state index in [1.165, 1.54) is 0 Å². The summed E-state index contributed by atoms with van der Waals surface area (Å²) < 4.78 is 5.29. The van der Waals surface area contributed by atoms with E-state index < -0.39 is 5.54 Å². The summed E-state index contributed by atoms with van der Waals surface area (Å²) in [5, 5.41) is 4.09. The van der Waals surface area contributed by atoms with Gasteiger partial charge in [-0.15, -0.1) is 0 Å². The highest BCUT2D eigenvalue weighted by Crippen LogP contribution is 2.29. The van der Waals surface area contributed by atoms with E-state index in [4.69, 9.17) is 16.3 Å². The maximum atomic E-state index is 12.5. The molecule has 2 atom stereocenters. The maximum Gasteiger partial charge on any atom is 0.330 e. The first kappa shape index (κ1) is 17.0. The lowest BCUT2D eigenvalue weighted by Gasteiger charge is -2.34. The van der Waals surface area contributed by atoms with Crippen molar-refractivity contribution in [3.05, 3.63) is 34.9 Å². The first-order valence-corrected chi connectivity index (χ1v) is 7.58. The van der Waals surface area contributed by atoms with Gasteiger partial charge in [-0.3, -0.25) is 5.32 Å². The van der Waals surface area contributed by atoms with Crippen LogP contribution >= 0.6 is 11.6 Å². The van der Waals surface area contributed by atoms with Crippen LogP contribution in [-0.4, -0.2) is 18.6 Å². The molecule has 0 heterocycles. The first-order valence-electron chi connectivity index (χ1n) is 7.21. The maximum absolute atomic E-state index is 12.5. The van der Waals surface area contributed by atoms with E-state index in [1.54, 1.807) is 12.1 Å². The number of carbonyl (C=O) groups excluding carboxylic acids is 1. The largest absolute Gasteiger partial charge is 0.464 e. The fraction of sp³-hybridized carbons (Fsp3) is 0.562. The number of hydrogen-bond acceptors (Lipinski definition) is 3. The SMILES string of the molecule is CCOC(=O)C(CC)(NC(C)CC)c1ccc(Cl)cc1. The zero-order valence-electron chi connectivity index (χ0n) is 12.7. The van der Waals surface area contributed by atoms with Crippen molar-refractivity contribution in [3.8, 4) is 0 Å². The van der Waals surface area contributed by atoms with Crippen molar-refractivity contribution in [1.29, 1.82) is 0 Å². The van der Waals surface area contributed by atoms with E-state index in [-0.39, 0.29) is 12.0 Å². The van der Waals surface area contributed by atoms with Crippen molar-refractivity contribution in [2.45, 2.75) is 52.1 Å². The molecule has 20 heavy (non-hydrogen) atoms. The highest BCUT2D eigenvalue weighted by molar-refractivity contribution is 6.30. The van der Waals surface area contributed by atoms with Gasteiger partial charge in [0.25, 0.3) is 0 Å². The molecule has 3 nitrogen and oxygen atoms in total. The molecule has 1 rings (SSSR count). The molecular weight excluding hydrogens is 274 g/mol. The molecule has 1 aromatic carbocycles. The predicted octanol–water partition coefficient (Wildman–Crippen LogP) is 3.90. The number of halogens is 1. The van der Waals surface area contributed by atoms with Crippen molar-refractivity contribution >= 4 is 17.6 Å². The summed E-state index contributed by atoms with van der Waals surface area (Å²) >= 11 is 5.94. The third-order valence-electron chi connectivity index (χ3n) is 3.60. The monoisotopic (exact) mass is 297 g/mol. The Kier molecular flexibility index (Phi) is 6.50. The zero-order chi connectivity index (χ0) is 15.2. The molecule has 0 amide bonds. The quantitative estimate of drug-likeness (QED) is 0.776. The van der Waals surface area contributed by atoms with Gasteiger partial charge in [0.1, 0.15) is 5.54 Å². The Bertz CT molecular complexity index is 433. The molecule has 1 N–H and O–H groups in total. The third-order valence-corrected chi connectivity index (χ3v) is 3.85. The molecule has 2 unspecified atom stereocenters. The van der Waals surface area contributed by atoms with Crippen LogP contribution in [0.2, 0.25) is 5.02 Å². The number of benzene rings is 1. The van der Waals surface area contributed by atoms with Gasteiger partial charge in [0.05, 0.1) is 6.61 Å². The van der Waals surface area contributed by atoms with Crippen LogP contribution in [0.5, 0.6) is 0 Å². The normalized spacial score (nSPS) is 15.4. The molecule has 0 saturated carbocycles. The Balaban J connectivity index is 3.22. The smallest absolute Gasteiger partial charge is 0.330 e. The fourth-order valence-corrected chi connectivity index (χ4v) is 2.35. The lowest BCUT2D eigenvalue weighted by atomic mass is 9.86. The van der Waals surface area contributed by atoms with E-state index in [1.807, 2.05) is 26.0 Å². The van der Waals surface area contributed by atoms with Crippen LogP contribution in [0, 0.1) is 0 Å². The average molecular weight is 298 g/mol. The molecule has 0 fully saturated rings. The molecule has 0 radical (unpaired) electrons. The minimum atomic E-state index is -0.809. The van der Waals surface area contributed by atoms with Crippen molar-refractivity contribution in [2.24, 2.45) is 0 Å². The van der Waals surface area contributed by atoms with Gasteiger partial charge in [0, 0.05) is 11.1 Å². The summed E-state index contributed by atoms with van der Waals surface area (Å²) in [6, 6.07) is 7.60. The molecule has 0 aliphatic heterocycles. The van der Waals surface area contributed by atoms with Crippen LogP contribution in [0.4, 0.5) is 0 Å². The Morgan fingerprint density at radius 1 is 1.30 bits per heavy atom. The van der Waals surface area contributed by atoms with E-state index in [0.717, 1.165) is 12.0 Å². The topological polar surface area (TPSA) is 38.3 Å². The van der Waals surface area contributed by atoms with Gasteiger partial charge >= 0.3 is 5.97 Å². The Hall–Kier alpha value is -1.06. The third kappa shape index (κ3) is 3.74. The molecule has 0 bridgehead atoms. The van der Waals surface area contributed by atoms with Crippen molar-refractivity contribution < 1.29 is 9.53 Å². The molecule has 0 aromatic heterocycles. The second-order valence-electron chi connectivity index (χ2n) is 4.94. The van der Waals surface area contributed by atoms with Crippen LogP contribution in [0.25, 0.3) is 0 Å². The summed E-state index contributed by atoms with van der Waals surface area (Å²) in [6.45, 7) is 8.34. The Labute approximate surface area is 126 Å². The van der Waals surface area contributed by atoms with Gasteiger partial charge in [0.2, 0.25) is 0 Å².